The highest BCUT2D eigenvalue weighted by atomic mass is 35.5. The lowest BCUT2D eigenvalue weighted by Gasteiger charge is -2.10. The molecule has 0 aliphatic heterocycles. The minimum atomic E-state index is -0.229. The molecule has 0 amide bonds. The molecule has 17 heavy (non-hydrogen) atoms. The molecule has 2 aromatic carbocycles. The monoisotopic (exact) mass is 241 g/mol. The lowest BCUT2D eigenvalue weighted by molar-refractivity contribution is 1.04. The molecule has 0 bridgehead atoms. The summed E-state index contributed by atoms with van der Waals surface area (Å²) >= 11 is 5.84. The zero-order valence-corrected chi connectivity index (χ0v) is 10.3. The molecule has 0 spiro atoms. The SMILES string of the molecule is Cc1ccc(C(C#N)c2ccc(Cl)cc2)cc1. The van der Waals surface area contributed by atoms with E-state index in [1.807, 2.05) is 55.5 Å². The van der Waals surface area contributed by atoms with Crippen LogP contribution >= 0.6 is 11.6 Å². The summed E-state index contributed by atoms with van der Waals surface area (Å²) in [6.45, 7) is 2.04. The molecule has 0 radical (unpaired) electrons. The van der Waals surface area contributed by atoms with E-state index >= 15 is 0 Å². The van der Waals surface area contributed by atoms with Crippen LogP contribution in [0.5, 0.6) is 0 Å². The van der Waals surface area contributed by atoms with Crippen LogP contribution in [0.15, 0.2) is 48.5 Å². The van der Waals surface area contributed by atoms with Crippen molar-refractivity contribution < 1.29 is 0 Å². The molecule has 1 nitrogen and oxygen atoms in total. The summed E-state index contributed by atoms with van der Waals surface area (Å²) in [7, 11) is 0. The van der Waals surface area contributed by atoms with Crippen LogP contribution in [0.3, 0.4) is 0 Å². The van der Waals surface area contributed by atoms with Crippen LogP contribution < -0.4 is 0 Å². The third-order valence-electron chi connectivity index (χ3n) is 2.74. The fourth-order valence-electron chi connectivity index (χ4n) is 1.76. The summed E-state index contributed by atoms with van der Waals surface area (Å²) in [5, 5.41) is 9.98. The molecular weight excluding hydrogens is 230 g/mol. The highest BCUT2D eigenvalue weighted by Crippen LogP contribution is 2.25. The number of rotatable bonds is 2. The second kappa shape index (κ2) is 5.03. The van der Waals surface area contributed by atoms with E-state index in [4.69, 9.17) is 11.6 Å². The van der Waals surface area contributed by atoms with Crippen molar-refractivity contribution in [1.82, 2.24) is 0 Å². The van der Waals surface area contributed by atoms with E-state index in [2.05, 4.69) is 6.07 Å². The standard InChI is InChI=1S/C15H12ClN/c1-11-2-4-12(5-3-11)15(10-17)13-6-8-14(16)9-7-13/h2-9,15H,1H3. The van der Waals surface area contributed by atoms with Gasteiger partial charge in [-0.15, -0.1) is 0 Å². The van der Waals surface area contributed by atoms with Crippen molar-refractivity contribution in [3.8, 4) is 6.07 Å². The molecule has 0 saturated carbocycles. The Labute approximate surface area is 106 Å². The number of hydrogen-bond donors (Lipinski definition) is 0. The molecule has 2 rings (SSSR count). The molecule has 2 heteroatoms. The van der Waals surface area contributed by atoms with Gasteiger partial charge in [-0.1, -0.05) is 53.6 Å². The number of benzene rings is 2. The van der Waals surface area contributed by atoms with Crippen molar-refractivity contribution in [3.63, 3.8) is 0 Å². The smallest absolute Gasteiger partial charge is 0.0962 e. The van der Waals surface area contributed by atoms with Crippen LogP contribution in [0.1, 0.15) is 22.6 Å². The lowest BCUT2D eigenvalue weighted by Crippen LogP contribution is -1.97. The molecular formula is C15H12ClN. The predicted molar refractivity (Wildman–Crippen MR) is 70.1 cm³/mol. The van der Waals surface area contributed by atoms with Gasteiger partial charge in [0.15, 0.2) is 0 Å². The maximum absolute atomic E-state index is 9.29. The Hall–Kier alpha value is -1.78. The quantitative estimate of drug-likeness (QED) is 0.769. The third-order valence-corrected chi connectivity index (χ3v) is 3.00. The second-order valence-corrected chi connectivity index (χ2v) is 4.46. The fourth-order valence-corrected chi connectivity index (χ4v) is 1.88. The molecule has 1 atom stereocenters. The van der Waals surface area contributed by atoms with Gasteiger partial charge >= 0.3 is 0 Å². The average Bonchev–Trinajstić information content (AvgIpc) is 2.35. The van der Waals surface area contributed by atoms with Crippen LogP contribution in [0.25, 0.3) is 0 Å². The van der Waals surface area contributed by atoms with Gasteiger partial charge < -0.3 is 0 Å². The topological polar surface area (TPSA) is 23.8 Å². The average molecular weight is 242 g/mol. The Morgan fingerprint density at radius 3 is 1.88 bits per heavy atom. The largest absolute Gasteiger partial charge is 0.197 e. The number of nitrogens with zero attached hydrogens (tertiary/aromatic N) is 1. The highest BCUT2D eigenvalue weighted by molar-refractivity contribution is 6.30. The van der Waals surface area contributed by atoms with Gasteiger partial charge in [0.25, 0.3) is 0 Å². The molecule has 84 valence electrons. The number of halogens is 1. The minimum Gasteiger partial charge on any atom is -0.197 e. The molecule has 0 N–H and O–H groups in total. The lowest BCUT2D eigenvalue weighted by atomic mass is 9.92. The first-order chi connectivity index (χ1) is 8.20. The van der Waals surface area contributed by atoms with Crippen LogP contribution in [0.2, 0.25) is 5.02 Å². The normalized spacial score (nSPS) is 11.8. The maximum atomic E-state index is 9.29. The molecule has 0 aliphatic carbocycles. The van der Waals surface area contributed by atoms with E-state index in [0.717, 1.165) is 11.1 Å². The molecule has 0 saturated heterocycles. The number of aryl methyl sites for hydroxylation is 1. The molecule has 0 aliphatic rings. The first-order valence-electron chi connectivity index (χ1n) is 5.42. The van der Waals surface area contributed by atoms with Crippen molar-refractivity contribution >= 4 is 11.6 Å². The summed E-state index contributed by atoms with van der Waals surface area (Å²) in [4.78, 5) is 0. The summed E-state index contributed by atoms with van der Waals surface area (Å²) < 4.78 is 0. The zero-order chi connectivity index (χ0) is 12.3. The minimum absolute atomic E-state index is 0.229. The predicted octanol–water partition coefficient (Wildman–Crippen LogP) is 4.30. The maximum Gasteiger partial charge on any atom is 0.0962 e. The molecule has 0 aromatic heterocycles. The molecule has 2 aromatic rings. The highest BCUT2D eigenvalue weighted by Gasteiger charge is 2.12. The van der Waals surface area contributed by atoms with E-state index < -0.39 is 0 Å². The molecule has 0 heterocycles. The first-order valence-corrected chi connectivity index (χ1v) is 5.80. The summed E-state index contributed by atoms with van der Waals surface area (Å²) in [5.74, 6) is -0.229. The molecule has 1 unspecified atom stereocenters. The third kappa shape index (κ3) is 2.67. The Balaban J connectivity index is 2.37. The van der Waals surface area contributed by atoms with Crippen molar-refractivity contribution in [2.24, 2.45) is 0 Å². The Bertz CT molecular complexity index is 489. The summed E-state index contributed by atoms with van der Waals surface area (Å²) in [5.41, 5.74) is 3.18. The van der Waals surface area contributed by atoms with Gasteiger partial charge in [-0.05, 0) is 30.2 Å². The number of nitriles is 1. The summed E-state index contributed by atoms with van der Waals surface area (Å²) in [6.07, 6.45) is 0. The number of hydrogen-bond acceptors (Lipinski definition) is 1. The van der Waals surface area contributed by atoms with E-state index in [-0.39, 0.29) is 5.92 Å². The van der Waals surface area contributed by atoms with Crippen molar-refractivity contribution in [3.05, 3.63) is 70.2 Å². The van der Waals surface area contributed by atoms with Gasteiger partial charge in [-0.3, -0.25) is 0 Å². The van der Waals surface area contributed by atoms with Crippen LogP contribution in [0.4, 0.5) is 0 Å². The van der Waals surface area contributed by atoms with Gasteiger partial charge in [-0.2, -0.15) is 5.26 Å². The first kappa shape index (κ1) is 11.7. The van der Waals surface area contributed by atoms with Gasteiger partial charge in [0.1, 0.15) is 0 Å². The van der Waals surface area contributed by atoms with Crippen LogP contribution in [-0.2, 0) is 0 Å². The van der Waals surface area contributed by atoms with Gasteiger partial charge in [-0.25, -0.2) is 0 Å². The van der Waals surface area contributed by atoms with E-state index in [1.54, 1.807) is 0 Å². The van der Waals surface area contributed by atoms with Gasteiger partial charge in [0.2, 0.25) is 0 Å². The van der Waals surface area contributed by atoms with E-state index in [1.165, 1.54) is 5.56 Å². The van der Waals surface area contributed by atoms with Gasteiger partial charge in [0, 0.05) is 5.02 Å². The zero-order valence-electron chi connectivity index (χ0n) is 9.52. The van der Waals surface area contributed by atoms with Crippen molar-refractivity contribution in [2.45, 2.75) is 12.8 Å². The fraction of sp³-hybridized carbons (Fsp3) is 0.133. The Morgan fingerprint density at radius 2 is 1.41 bits per heavy atom. The second-order valence-electron chi connectivity index (χ2n) is 4.02. The Morgan fingerprint density at radius 1 is 0.941 bits per heavy atom. The summed E-state index contributed by atoms with van der Waals surface area (Å²) in [6, 6.07) is 17.8. The van der Waals surface area contributed by atoms with Crippen molar-refractivity contribution in [2.75, 3.05) is 0 Å². The van der Waals surface area contributed by atoms with E-state index in [9.17, 15) is 5.26 Å². The van der Waals surface area contributed by atoms with E-state index in [0.29, 0.717) is 5.02 Å². The van der Waals surface area contributed by atoms with Crippen LogP contribution in [0, 0.1) is 18.3 Å². The van der Waals surface area contributed by atoms with Crippen LogP contribution in [-0.4, -0.2) is 0 Å². The van der Waals surface area contributed by atoms with Gasteiger partial charge in [0.05, 0.1) is 12.0 Å². The molecule has 0 fully saturated rings. The Kier molecular flexibility index (Phi) is 3.46. The van der Waals surface area contributed by atoms with Crippen molar-refractivity contribution in [1.29, 1.82) is 5.26 Å².